The maximum absolute atomic E-state index is 11.3. The van der Waals surface area contributed by atoms with Crippen molar-refractivity contribution in [3.63, 3.8) is 0 Å². The van der Waals surface area contributed by atoms with Gasteiger partial charge in [-0.15, -0.1) is 11.3 Å². The van der Waals surface area contributed by atoms with E-state index in [0.717, 1.165) is 29.1 Å². The molecule has 2 rings (SSSR count). The number of amides is 2. The van der Waals surface area contributed by atoms with Gasteiger partial charge in [0.1, 0.15) is 5.00 Å². The number of hydrogen-bond donors (Lipinski definition) is 3. The van der Waals surface area contributed by atoms with Crippen LogP contribution in [0.5, 0.6) is 0 Å². The van der Waals surface area contributed by atoms with Crippen molar-refractivity contribution >= 4 is 34.1 Å². The number of hydrogen-bond acceptors (Lipinski definition) is 6. The molecule has 0 radical (unpaired) electrons. The first-order chi connectivity index (χ1) is 8.54. The van der Waals surface area contributed by atoms with Gasteiger partial charge < -0.3 is 15.2 Å². The van der Waals surface area contributed by atoms with E-state index in [2.05, 4.69) is 5.32 Å². The molecule has 0 aromatic carbocycles. The van der Waals surface area contributed by atoms with Crippen LogP contribution in [0.15, 0.2) is 0 Å². The van der Waals surface area contributed by atoms with E-state index in [1.54, 1.807) is 5.43 Å². The van der Waals surface area contributed by atoms with Crippen LogP contribution in [0, 0.1) is 0 Å². The summed E-state index contributed by atoms with van der Waals surface area (Å²) in [6, 6.07) is 0. The second kappa shape index (κ2) is 4.75. The number of aryl methyl sites for hydroxylation is 1. The van der Waals surface area contributed by atoms with Crippen LogP contribution < -0.4 is 21.7 Å². The Morgan fingerprint density at radius 3 is 2.56 bits per heavy atom. The Labute approximate surface area is 106 Å². The number of nitrogens with two attached hydrogens (primary N) is 1. The lowest BCUT2D eigenvalue weighted by Crippen LogP contribution is -2.39. The molecule has 1 aliphatic rings. The predicted molar refractivity (Wildman–Crippen MR) is 61.6 cm³/mol. The zero-order valence-corrected chi connectivity index (χ0v) is 10.1. The highest BCUT2D eigenvalue weighted by Crippen LogP contribution is 2.38. The standard InChI is InChI=1S/C10H11N3O4S/c11-13-8(15)7(14)12-9-6(10(16)17)4-2-1-3-5(4)18-9/h1-3,11H2,(H,12,14)(H,13,15)(H,16,17)/p-1. The summed E-state index contributed by atoms with van der Waals surface area (Å²) >= 11 is 1.16. The van der Waals surface area contributed by atoms with Gasteiger partial charge in [0.15, 0.2) is 0 Å². The number of rotatable bonds is 2. The van der Waals surface area contributed by atoms with Crippen LogP contribution in [-0.4, -0.2) is 17.8 Å². The Morgan fingerprint density at radius 2 is 1.94 bits per heavy atom. The number of carbonyl (C=O) groups excluding carboxylic acids is 3. The lowest BCUT2D eigenvalue weighted by Gasteiger charge is -2.08. The van der Waals surface area contributed by atoms with Gasteiger partial charge in [0, 0.05) is 10.4 Å². The molecule has 0 unspecified atom stereocenters. The molecule has 96 valence electrons. The summed E-state index contributed by atoms with van der Waals surface area (Å²) in [5.74, 6) is 1.43. The van der Waals surface area contributed by atoms with Gasteiger partial charge in [-0.2, -0.15) is 0 Å². The largest absolute Gasteiger partial charge is 0.545 e. The zero-order valence-electron chi connectivity index (χ0n) is 9.24. The second-order valence-electron chi connectivity index (χ2n) is 3.78. The Balaban J connectivity index is 2.31. The van der Waals surface area contributed by atoms with Crippen molar-refractivity contribution in [2.75, 3.05) is 5.32 Å². The lowest BCUT2D eigenvalue weighted by atomic mass is 10.1. The topological polar surface area (TPSA) is 124 Å². The predicted octanol–water partition coefficient (Wildman–Crippen LogP) is -1.47. The van der Waals surface area contributed by atoms with Gasteiger partial charge >= 0.3 is 11.8 Å². The van der Waals surface area contributed by atoms with Crippen LogP contribution in [0.2, 0.25) is 0 Å². The van der Waals surface area contributed by atoms with Crippen LogP contribution in [0.3, 0.4) is 0 Å². The number of nitrogens with one attached hydrogen (secondary N) is 2. The summed E-state index contributed by atoms with van der Waals surface area (Å²) in [7, 11) is 0. The number of fused-ring (bicyclic) bond motifs is 1. The van der Waals surface area contributed by atoms with Gasteiger partial charge in [0.2, 0.25) is 0 Å². The van der Waals surface area contributed by atoms with E-state index >= 15 is 0 Å². The third-order valence-electron chi connectivity index (χ3n) is 2.69. The molecule has 0 spiro atoms. The summed E-state index contributed by atoms with van der Waals surface area (Å²) in [5.41, 5.74) is 2.35. The summed E-state index contributed by atoms with van der Waals surface area (Å²) in [6.07, 6.45) is 2.31. The van der Waals surface area contributed by atoms with Gasteiger partial charge in [-0.1, -0.05) is 0 Å². The third-order valence-corrected chi connectivity index (χ3v) is 3.90. The maximum atomic E-state index is 11.3. The molecule has 1 aromatic rings. The summed E-state index contributed by atoms with van der Waals surface area (Å²) in [5, 5.41) is 13.5. The van der Waals surface area contributed by atoms with Crippen molar-refractivity contribution < 1.29 is 19.5 Å². The number of hydrazine groups is 1. The molecule has 0 fully saturated rings. The Bertz CT molecular complexity index is 537. The molecule has 0 saturated heterocycles. The Morgan fingerprint density at radius 1 is 1.22 bits per heavy atom. The smallest absolute Gasteiger partial charge is 0.323 e. The first kappa shape index (κ1) is 12.5. The fourth-order valence-corrected chi connectivity index (χ4v) is 3.21. The highest BCUT2D eigenvalue weighted by molar-refractivity contribution is 7.17. The van der Waals surface area contributed by atoms with Crippen molar-refractivity contribution in [1.82, 2.24) is 5.43 Å². The van der Waals surface area contributed by atoms with E-state index in [-0.39, 0.29) is 10.6 Å². The SMILES string of the molecule is NNC(=O)C(=O)Nc1sc2c(c1C(=O)[O-])CCC2. The molecular weight excluding hydrogens is 258 g/mol. The molecule has 2 amide bonds. The summed E-state index contributed by atoms with van der Waals surface area (Å²) in [4.78, 5) is 34.3. The molecule has 0 atom stereocenters. The summed E-state index contributed by atoms with van der Waals surface area (Å²) < 4.78 is 0. The van der Waals surface area contributed by atoms with Gasteiger partial charge in [-0.05, 0) is 24.8 Å². The lowest BCUT2D eigenvalue weighted by molar-refractivity contribution is -0.254. The second-order valence-corrected chi connectivity index (χ2v) is 4.88. The number of thiophene rings is 1. The molecule has 4 N–H and O–H groups in total. The highest BCUT2D eigenvalue weighted by Gasteiger charge is 2.24. The quantitative estimate of drug-likeness (QED) is 0.261. The maximum Gasteiger partial charge on any atom is 0.323 e. The monoisotopic (exact) mass is 268 g/mol. The minimum Gasteiger partial charge on any atom is -0.545 e. The molecule has 1 heterocycles. The van der Waals surface area contributed by atoms with Crippen LogP contribution in [-0.2, 0) is 22.4 Å². The Hall–Kier alpha value is -1.93. The number of aromatic carboxylic acids is 1. The van der Waals surface area contributed by atoms with Gasteiger partial charge in [0.25, 0.3) is 0 Å². The first-order valence-electron chi connectivity index (χ1n) is 5.22. The van der Waals surface area contributed by atoms with Gasteiger partial charge in [0.05, 0.1) is 5.97 Å². The fraction of sp³-hybridized carbons (Fsp3) is 0.300. The minimum absolute atomic E-state index is 0.0225. The number of carboxylic acid groups (broad SMARTS) is 1. The van der Waals surface area contributed by atoms with E-state index in [1.807, 2.05) is 0 Å². The van der Waals surface area contributed by atoms with Crippen molar-refractivity contribution in [2.24, 2.45) is 5.84 Å². The van der Waals surface area contributed by atoms with Crippen molar-refractivity contribution in [3.05, 3.63) is 16.0 Å². The van der Waals surface area contributed by atoms with Crippen molar-refractivity contribution in [3.8, 4) is 0 Å². The summed E-state index contributed by atoms with van der Waals surface area (Å²) in [6.45, 7) is 0. The number of carboxylic acids is 1. The van der Waals surface area contributed by atoms with E-state index in [1.165, 1.54) is 0 Å². The van der Waals surface area contributed by atoms with E-state index in [4.69, 9.17) is 5.84 Å². The van der Waals surface area contributed by atoms with Crippen LogP contribution >= 0.6 is 11.3 Å². The molecule has 8 heteroatoms. The van der Waals surface area contributed by atoms with Crippen molar-refractivity contribution in [2.45, 2.75) is 19.3 Å². The molecular formula is C10H10N3O4S-. The highest BCUT2D eigenvalue weighted by atomic mass is 32.1. The molecule has 0 bridgehead atoms. The average molecular weight is 268 g/mol. The molecule has 0 saturated carbocycles. The van der Waals surface area contributed by atoms with Gasteiger partial charge in [-0.3, -0.25) is 15.0 Å². The van der Waals surface area contributed by atoms with Crippen LogP contribution in [0.1, 0.15) is 27.2 Å². The molecule has 1 aliphatic carbocycles. The van der Waals surface area contributed by atoms with Crippen molar-refractivity contribution in [1.29, 1.82) is 0 Å². The van der Waals surface area contributed by atoms with Gasteiger partial charge in [-0.25, -0.2) is 5.84 Å². The molecule has 18 heavy (non-hydrogen) atoms. The molecule has 1 aromatic heterocycles. The first-order valence-corrected chi connectivity index (χ1v) is 6.04. The third kappa shape index (κ3) is 2.07. The molecule has 0 aliphatic heterocycles. The zero-order chi connectivity index (χ0) is 13.3. The normalized spacial score (nSPS) is 12.9. The number of anilines is 1. The number of carbonyl (C=O) groups is 3. The minimum atomic E-state index is -1.35. The van der Waals surface area contributed by atoms with E-state index < -0.39 is 17.8 Å². The fourth-order valence-electron chi connectivity index (χ4n) is 1.93. The van der Waals surface area contributed by atoms with E-state index in [0.29, 0.717) is 12.0 Å². The average Bonchev–Trinajstić information content (AvgIpc) is 2.86. The van der Waals surface area contributed by atoms with Crippen LogP contribution in [0.25, 0.3) is 0 Å². The Kier molecular flexibility index (Phi) is 3.30. The molecule has 7 nitrogen and oxygen atoms in total. The van der Waals surface area contributed by atoms with Crippen LogP contribution in [0.4, 0.5) is 5.00 Å². The van der Waals surface area contributed by atoms with E-state index in [9.17, 15) is 19.5 Å².